The average molecular weight is 435 g/mol. The topological polar surface area (TPSA) is 102 Å². The van der Waals surface area contributed by atoms with Gasteiger partial charge < -0.3 is 24.4 Å². The van der Waals surface area contributed by atoms with E-state index in [0.717, 1.165) is 5.57 Å². The molecule has 0 amide bonds. The van der Waals surface area contributed by atoms with Crippen LogP contribution in [-0.2, 0) is 23.8 Å². The minimum atomic E-state index is -1.72. The molecule has 0 aromatic rings. The summed E-state index contributed by atoms with van der Waals surface area (Å²) in [5, 5.41) is 23.9. The third-order valence-corrected chi connectivity index (χ3v) is 8.49. The molecule has 7 heteroatoms. The lowest BCUT2D eigenvalue weighted by atomic mass is 9.60. The molecule has 0 unspecified atom stereocenters. The first-order valence-electron chi connectivity index (χ1n) is 11.0. The molecule has 4 rings (SSSR count). The molecule has 172 valence electrons. The molecule has 7 nitrogen and oxygen atoms in total. The van der Waals surface area contributed by atoms with Crippen LogP contribution in [-0.4, -0.2) is 59.3 Å². The SMILES string of the molecule is COCOCC1=C[C@H]2[C@H]3C(C)(C)[C@]3(OC(C)=O)C[C@@H](C)[C@]2(O)[C@@H]2C=C(C)C(=O)[C@@]2(O)C1. The zero-order chi connectivity index (χ0) is 23.0. The number of methoxy groups -OCH3 is 1. The maximum Gasteiger partial charge on any atom is 0.303 e. The Morgan fingerprint density at radius 1 is 1.26 bits per heavy atom. The summed E-state index contributed by atoms with van der Waals surface area (Å²) < 4.78 is 16.5. The number of ether oxygens (including phenoxy) is 3. The van der Waals surface area contributed by atoms with E-state index in [9.17, 15) is 19.8 Å². The normalized spacial score (nSPS) is 45.0. The molecule has 0 radical (unpaired) electrons. The van der Waals surface area contributed by atoms with Crippen molar-refractivity contribution in [1.29, 1.82) is 0 Å². The standard InChI is InChI=1S/C24H34O7/c1-13-7-18-22(27,20(13)26)10-16(11-30-12-29-6)8-17-19-21(4,5)23(19,31-15(3)25)9-14(2)24(17,18)28/h7-8,14,17-19,27-28H,9-12H2,1-6H3/t14-,17+,18-,19+,22-,23+,24-/m1/s1. The number of carbonyl (C=O) groups is 2. The summed E-state index contributed by atoms with van der Waals surface area (Å²) >= 11 is 0. The van der Waals surface area contributed by atoms with Crippen molar-refractivity contribution in [2.75, 3.05) is 20.5 Å². The van der Waals surface area contributed by atoms with Gasteiger partial charge in [-0.2, -0.15) is 0 Å². The Bertz CT molecular complexity index is 873. The van der Waals surface area contributed by atoms with E-state index in [1.165, 1.54) is 14.0 Å². The molecule has 4 aliphatic carbocycles. The molecular weight excluding hydrogens is 400 g/mol. The van der Waals surface area contributed by atoms with E-state index in [-0.39, 0.29) is 48.8 Å². The van der Waals surface area contributed by atoms with E-state index >= 15 is 0 Å². The predicted molar refractivity (Wildman–Crippen MR) is 112 cm³/mol. The maximum atomic E-state index is 13.0. The number of carbonyl (C=O) groups excluding carboxylic acids is 2. The van der Waals surface area contributed by atoms with Gasteiger partial charge >= 0.3 is 5.97 Å². The van der Waals surface area contributed by atoms with Crippen LogP contribution in [0.3, 0.4) is 0 Å². The van der Waals surface area contributed by atoms with Crippen LogP contribution < -0.4 is 0 Å². The number of hydrogen-bond donors (Lipinski definition) is 2. The van der Waals surface area contributed by atoms with Crippen molar-refractivity contribution in [3.05, 3.63) is 23.3 Å². The summed E-state index contributed by atoms with van der Waals surface area (Å²) in [6.07, 6.45) is 4.28. The first kappa shape index (κ1) is 22.6. The summed E-state index contributed by atoms with van der Waals surface area (Å²) in [6.45, 7) is 9.42. The zero-order valence-electron chi connectivity index (χ0n) is 19.2. The van der Waals surface area contributed by atoms with Gasteiger partial charge in [0.2, 0.25) is 0 Å². The van der Waals surface area contributed by atoms with Crippen LogP contribution in [0.15, 0.2) is 23.3 Å². The Balaban J connectivity index is 1.84. The van der Waals surface area contributed by atoms with Gasteiger partial charge in [-0.15, -0.1) is 0 Å². The van der Waals surface area contributed by atoms with Crippen molar-refractivity contribution in [3.8, 4) is 0 Å². The summed E-state index contributed by atoms with van der Waals surface area (Å²) in [4.78, 5) is 25.0. The number of Topliss-reactive ketones (excluding diaryl/α,β-unsaturated/α-hetero) is 1. The minimum absolute atomic E-state index is 0.0854. The Hall–Kier alpha value is -1.54. The highest BCUT2D eigenvalue weighted by Crippen LogP contribution is 2.76. The second-order valence-electron chi connectivity index (χ2n) is 10.5. The maximum absolute atomic E-state index is 13.0. The monoisotopic (exact) mass is 434 g/mol. The molecule has 0 aromatic carbocycles. The average Bonchev–Trinajstić information content (AvgIpc) is 3.06. The van der Waals surface area contributed by atoms with E-state index in [1.807, 2.05) is 13.0 Å². The van der Waals surface area contributed by atoms with E-state index in [1.54, 1.807) is 13.0 Å². The molecule has 2 N–H and O–H groups in total. The third-order valence-electron chi connectivity index (χ3n) is 8.49. The molecule has 0 spiro atoms. The summed E-state index contributed by atoms with van der Waals surface area (Å²) in [7, 11) is 1.53. The molecule has 7 atom stereocenters. The molecule has 0 bridgehead atoms. The molecule has 2 saturated carbocycles. The summed E-state index contributed by atoms with van der Waals surface area (Å²) in [5.74, 6) is -2.26. The summed E-state index contributed by atoms with van der Waals surface area (Å²) in [6, 6.07) is 0. The fourth-order valence-electron chi connectivity index (χ4n) is 7.10. The van der Waals surface area contributed by atoms with Gasteiger partial charge in [-0.05, 0) is 30.4 Å². The summed E-state index contributed by atoms with van der Waals surface area (Å²) in [5.41, 5.74) is -2.87. The highest BCUT2D eigenvalue weighted by atomic mass is 16.7. The van der Waals surface area contributed by atoms with Gasteiger partial charge in [0.1, 0.15) is 18.0 Å². The number of fused-ring (bicyclic) bond motifs is 5. The number of esters is 1. The van der Waals surface area contributed by atoms with Gasteiger partial charge in [0.15, 0.2) is 5.78 Å². The first-order chi connectivity index (χ1) is 14.4. The number of hydrogen-bond acceptors (Lipinski definition) is 7. The van der Waals surface area contributed by atoms with E-state index in [4.69, 9.17) is 14.2 Å². The lowest BCUT2D eigenvalue weighted by Crippen LogP contribution is -2.61. The molecule has 0 saturated heterocycles. The van der Waals surface area contributed by atoms with Gasteiger partial charge in [0.05, 0.1) is 12.2 Å². The van der Waals surface area contributed by atoms with Crippen molar-refractivity contribution in [1.82, 2.24) is 0 Å². The van der Waals surface area contributed by atoms with Gasteiger partial charge in [0.25, 0.3) is 0 Å². The van der Waals surface area contributed by atoms with Crippen molar-refractivity contribution >= 4 is 11.8 Å². The van der Waals surface area contributed by atoms with Crippen molar-refractivity contribution in [2.24, 2.45) is 29.1 Å². The first-order valence-corrected chi connectivity index (χ1v) is 11.0. The van der Waals surface area contributed by atoms with Crippen molar-refractivity contribution in [3.63, 3.8) is 0 Å². The lowest BCUT2D eigenvalue weighted by molar-refractivity contribution is -0.186. The van der Waals surface area contributed by atoms with Crippen LogP contribution in [0.25, 0.3) is 0 Å². The van der Waals surface area contributed by atoms with Gasteiger partial charge in [-0.25, -0.2) is 0 Å². The van der Waals surface area contributed by atoms with Crippen LogP contribution >= 0.6 is 0 Å². The minimum Gasteiger partial charge on any atom is -0.458 e. The molecular formula is C24H34O7. The fourth-order valence-corrected chi connectivity index (χ4v) is 7.10. The quantitative estimate of drug-likeness (QED) is 0.296. The molecule has 2 fully saturated rings. The van der Waals surface area contributed by atoms with Crippen molar-refractivity contribution < 1.29 is 34.0 Å². The molecule has 0 aliphatic heterocycles. The highest BCUT2D eigenvalue weighted by molar-refractivity contribution is 6.04. The molecule has 0 heterocycles. The smallest absolute Gasteiger partial charge is 0.303 e. The van der Waals surface area contributed by atoms with E-state index in [0.29, 0.717) is 12.0 Å². The third kappa shape index (κ3) is 2.86. The molecule has 31 heavy (non-hydrogen) atoms. The van der Waals surface area contributed by atoms with Crippen LogP contribution in [0.1, 0.15) is 47.5 Å². The lowest BCUT2D eigenvalue weighted by Gasteiger charge is -2.50. The van der Waals surface area contributed by atoms with Crippen LogP contribution in [0.5, 0.6) is 0 Å². The largest absolute Gasteiger partial charge is 0.458 e. The van der Waals surface area contributed by atoms with Crippen LogP contribution in [0, 0.1) is 29.1 Å². The molecule has 0 aromatic heterocycles. The van der Waals surface area contributed by atoms with E-state index < -0.39 is 28.6 Å². The second kappa shape index (κ2) is 6.98. The van der Waals surface area contributed by atoms with Crippen LogP contribution in [0.4, 0.5) is 0 Å². The van der Waals surface area contributed by atoms with E-state index in [2.05, 4.69) is 13.8 Å². The van der Waals surface area contributed by atoms with Gasteiger partial charge in [0, 0.05) is 43.6 Å². The number of rotatable bonds is 5. The Labute approximate surface area is 183 Å². The zero-order valence-corrected chi connectivity index (χ0v) is 19.2. The molecule has 4 aliphatic rings. The van der Waals surface area contributed by atoms with Crippen LogP contribution in [0.2, 0.25) is 0 Å². The Morgan fingerprint density at radius 3 is 2.55 bits per heavy atom. The van der Waals surface area contributed by atoms with Gasteiger partial charge in [-0.3, -0.25) is 9.59 Å². The number of aliphatic hydroxyl groups is 2. The second-order valence-corrected chi connectivity index (χ2v) is 10.5. The Kier molecular flexibility index (Phi) is 5.10. The number of ketones is 1. The van der Waals surface area contributed by atoms with Crippen molar-refractivity contribution in [2.45, 2.75) is 64.3 Å². The predicted octanol–water partition coefficient (Wildman–Crippen LogP) is 2.16. The highest BCUT2D eigenvalue weighted by Gasteiger charge is 2.83. The Morgan fingerprint density at radius 2 is 1.94 bits per heavy atom. The fraction of sp³-hybridized carbons (Fsp3) is 0.750. The van der Waals surface area contributed by atoms with Gasteiger partial charge in [-0.1, -0.05) is 32.9 Å².